The molecule has 0 aromatic rings. The third-order valence-corrected chi connectivity index (χ3v) is 3.64. The maximum Gasteiger partial charge on any atom is 0.410 e. The summed E-state index contributed by atoms with van der Waals surface area (Å²) in [4.78, 5) is 13.3. The molecular formula is C9H13NO2. The smallest absolute Gasteiger partial charge is 0.410 e. The molecule has 1 saturated carbocycles. The molecule has 0 unspecified atom stereocenters. The summed E-state index contributed by atoms with van der Waals surface area (Å²) in [5.74, 6) is 0. The van der Waals surface area contributed by atoms with Gasteiger partial charge in [-0.3, -0.25) is 4.90 Å². The summed E-state index contributed by atoms with van der Waals surface area (Å²) in [6.45, 7) is 0.645. The van der Waals surface area contributed by atoms with Crippen LogP contribution in [0, 0.1) is 0 Å². The molecule has 0 N–H and O–H groups in total. The Morgan fingerprint density at radius 1 is 1.42 bits per heavy atom. The van der Waals surface area contributed by atoms with Crippen LogP contribution in [-0.2, 0) is 4.74 Å². The van der Waals surface area contributed by atoms with Gasteiger partial charge in [0, 0.05) is 6.42 Å². The molecule has 1 spiro atoms. The lowest BCUT2D eigenvalue weighted by atomic mass is 9.87. The minimum Gasteiger partial charge on any atom is -0.449 e. The van der Waals surface area contributed by atoms with Gasteiger partial charge in [0.1, 0.15) is 0 Å². The molecule has 0 aromatic heterocycles. The number of carbonyl (C=O) groups excluding carboxylic acids is 1. The van der Waals surface area contributed by atoms with Gasteiger partial charge in [-0.1, -0.05) is 12.8 Å². The number of rotatable bonds is 0. The van der Waals surface area contributed by atoms with Crippen molar-refractivity contribution >= 4 is 6.09 Å². The Hall–Kier alpha value is -0.730. The molecule has 0 radical (unpaired) electrons. The van der Waals surface area contributed by atoms with Crippen LogP contribution in [-0.4, -0.2) is 29.2 Å². The highest BCUT2D eigenvalue weighted by Gasteiger charge is 2.67. The van der Waals surface area contributed by atoms with E-state index in [0.29, 0.717) is 12.6 Å². The third-order valence-electron chi connectivity index (χ3n) is 3.64. The van der Waals surface area contributed by atoms with Gasteiger partial charge in [-0.15, -0.1) is 0 Å². The van der Waals surface area contributed by atoms with E-state index in [0.717, 1.165) is 6.42 Å². The van der Waals surface area contributed by atoms with Crippen molar-refractivity contribution in [3.63, 3.8) is 0 Å². The topological polar surface area (TPSA) is 29.3 Å². The number of ether oxygens (including phenoxy) is 1. The molecule has 2 atom stereocenters. The molecule has 1 aliphatic carbocycles. The first-order chi connectivity index (χ1) is 5.84. The molecule has 3 fully saturated rings. The Labute approximate surface area is 71.7 Å². The van der Waals surface area contributed by atoms with Crippen molar-refractivity contribution in [3.8, 4) is 0 Å². The Morgan fingerprint density at radius 3 is 3.25 bits per heavy atom. The maximum atomic E-state index is 11.3. The number of hydrogen-bond acceptors (Lipinski definition) is 2. The van der Waals surface area contributed by atoms with Crippen LogP contribution in [0.2, 0.25) is 0 Å². The van der Waals surface area contributed by atoms with Crippen molar-refractivity contribution in [2.75, 3.05) is 6.61 Å². The Kier molecular flexibility index (Phi) is 1.10. The molecular weight excluding hydrogens is 154 g/mol. The number of amides is 1. The zero-order valence-corrected chi connectivity index (χ0v) is 7.08. The molecule has 0 bridgehead atoms. The molecule has 1 amide bonds. The van der Waals surface area contributed by atoms with E-state index in [1.807, 2.05) is 4.90 Å². The van der Waals surface area contributed by atoms with Crippen LogP contribution in [0.4, 0.5) is 4.79 Å². The molecule has 3 rings (SSSR count). The molecule has 2 saturated heterocycles. The lowest BCUT2D eigenvalue weighted by molar-refractivity contribution is 0.0921. The summed E-state index contributed by atoms with van der Waals surface area (Å²) in [7, 11) is 0. The van der Waals surface area contributed by atoms with E-state index < -0.39 is 0 Å². The predicted molar refractivity (Wildman–Crippen MR) is 42.8 cm³/mol. The van der Waals surface area contributed by atoms with E-state index in [9.17, 15) is 4.79 Å². The van der Waals surface area contributed by atoms with E-state index in [2.05, 4.69) is 0 Å². The van der Waals surface area contributed by atoms with E-state index in [1.165, 1.54) is 25.7 Å². The van der Waals surface area contributed by atoms with E-state index in [-0.39, 0.29) is 11.6 Å². The average molecular weight is 167 g/mol. The van der Waals surface area contributed by atoms with E-state index >= 15 is 0 Å². The van der Waals surface area contributed by atoms with E-state index in [1.54, 1.807) is 0 Å². The Morgan fingerprint density at radius 2 is 2.33 bits per heavy atom. The SMILES string of the molecule is O=C1OCC[C@]23CCCC[C@H]2N13. The zero-order chi connectivity index (χ0) is 8.18. The monoisotopic (exact) mass is 167 g/mol. The molecule has 12 heavy (non-hydrogen) atoms. The highest BCUT2D eigenvalue weighted by molar-refractivity contribution is 5.75. The van der Waals surface area contributed by atoms with Gasteiger partial charge in [0.15, 0.2) is 0 Å². The van der Waals surface area contributed by atoms with Gasteiger partial charge in [-0.05, 0) is 12.8 Å². The first kappa shape index (κ1) is 6.75. The first-order valence-electron chi connectivity index (χ1n) is 4.81. The van der Waals surface area contributed by atoms with Crippen molar-refractivity contribution in [2.45, 2.75) is 43.7 Å². The highest BCUT2D eigenvalue weighted by atomic mass is 16.6. The quantitative estimate of drug-likeness (QED) is 0.512. The van der Waals surface area contributed by atoms with Crippen LogP contribution < -0.4 is 0 Å². The summed E-state index contributed by atoms with van der Waals surface area (Å²) in [5, 5.41) is 0. The summed E-state index contributed by atoms with van der Waals surface area (Å²) in [6.07, 6.45) is 6.01. The highest BCUT2D eigenvalue weighted by Crippen LogP contribution is 2.55. The van der Waals surface area contributed by atoms with Crippen LogP contribution in [0.25, 0.3) is 0 Å². The summed E-state index contributed by atoms with van der Waals surface area (Å²) in [5.41, 5.74) is 0.271. The lowest BCUT2D eigenvalue weighted by Crippen LogP contribution is -2.32. The number of fused-ring (bicyclic) bond motifs is 1. The second-order valence-corrected chi connectivity index (χ2v) is 4.10. The summed E-state index contributed by atoms with van der Waals surface area (Å²) >= 11 is 0. The van der Waals surface area contributed by atoms with Gasteiger partial charge in [-0.2, -0.15) is 0 Å². The number of cyclic esters (lactones) is 1. The van der Waals surface area contributed by atoms with Crippen molar-refractivity contribution in [1.29, 1.82) is 0 Å². The van der Waals surface area contributed by atoms with Crippen molar-refractivity contribution < 1.29 is 9.53 Å². The molecule has 3 nitrogen and oxygen atoms in total. The largest absolute Gasteiger partial charge is 0.449 e. The molecule has 2 heterocycles. The van der Waals surface area contributed by atoms with Crippen LogP contribution in [0.1, 0.15) is 32.1 Å². The van der Waals surface area contributed by atoms with Gasteiger partial charge in [0.05, 0.1) is 18.2 Å². The van der Waals surface area contributed by atoms with Crippen molar-refractivity contribution in [1.82, 2.24) is 4.90 Å². The minimum atomic E-state index is -0.0619. The molecule has 3 aliphatic rings. The maximum absolute atomic E-state index is 11.3. The van der Waals surface area contributed by atoms with Crippen molar-refractivity contribution in [3.05, 3.63) is 0 Å². The lowest BCUT2D eigenvalue weighted by Gasteiger charge is -2.22. The Balaban J connectivity index is 1.90. The molecule has 66 valence electrons. The van der Waals surface area contributed by atoms with Crippen LogP contribution >= 0.6 is 0 Å². The van der Waals surface area contributed by atoms with Crippen LogP contribution in [0.5, 0.6) is 0 Å². The summed E-state index contributed by atoms with van der Waals surface area (Å²) in [6, 6.07) is 0.543. The van der Waals surface area contributed by atoms with Gasteiger partial charge in [0.25, 0.3) is 0 Å². The van der Waals surface area contributed by atoms with Gasteiger partial charge >= 0.3 is 6.09 Å². The Bertz CT molecular complexity index is 237. The van der Waals surface area contributed by atoms with Crippen LogP contribution in [0.3, 0.4) is 0 Å². The van der Waals surface area contributed by atoms with Gasteiger partial charge in [-0.25, -0.2) is 4.79 Å². The fraction of sp³-hybridized carbons (Fsp3) is 0.889. The third kappa shape index (κ3) is 0.609. The molecule has 2 aliphatic heterocycles. The molecule has 0 aromatic carbocycles. The fourth-order valence-electron chi connectivity index (χ4n) is 3.00. The predicted octanol–water partition coefficient (Wildman–Crippen LogP) is 1.52. The number of hydrogen-bond donors (Lipinski definition) is 0. The minimum absolute atomic E-state index is 0.0619. The second-order valence-electron chi connectivity index (χ2n) is 4.10. The second kappa shape index (κ2) is 1.95. The fourth-order valence-corrected chi connectivity index (χ4v) is 3.00. The van der Waals surface area contributed by atoms with Crippen LogP contribution in [0.15, 0.2) is 0 Å². The zero-order valence-electron chi connectivity index (χ0n) is 7.08. The number of nitrogens with zero attached hydrogens (tertiary/aromatic N) is 1. The first-order valence-corrected chi connectivity index (χ1v) is 4.81. The normalized spacial score (nSPS) is 44.5. The molecule has 3 heteroatoms. The summed E-state index contributed by atoms with van der Waals surface area (Å²) < 4.78 is 5.01. The average Bonchev–Trinajstić information content (AvgIpc) is 2.74. The van der Waals surface area contributed by atoms with Gasteiger partial charge in [0.2, 0.25) is 0 Å². The van der Waals surface area contributed by atoms with Crippen molar-refractivity contribution in [2.24, 2.45) is 0 Å². The standard InChI is InChI=1S/C9H13NO2/c11-8-10-7-3-1-2-4-9(7,10)5-6-12-8/h7H,1-6H2/t7-,9-,10?/m1/s1. The van der Waals surface area contributed by atoms with E-state index in [4.69, 9.17) is 4.74 Å². The van der Waals surface area contributed by atoms with Gasteiger partial charge < -0.3 is 4.74 Å². The number of carbonyl (C=O) groups is 1.